The zero-order chi connectivity index (χ0) is 14.4. The molecule has 0 fully saturated rings. The van der Waals surface area contributed by atoms with Gasteiger partial charge in [0.25, 0.3) is 0 Å². The van der Waals surface area contributed by atoms with Gasteiger partial charge in [0.2, 0.25) is 16.7 Å². The van der Waals surface area contributed by atoms with Gasteiger partial charge in [0, 0.05) is 14.1 Å². The summed E-state index contributed by atoms with van der Waals surface area (Å²) in [7, 11) is 3.21. The van der Waals surface area contributed by atoms with E-state index in [4.69, 9.17) is 4.74 Å². The zero-order valence-electron chi connectivity index (χ0n) is 9.92. The molecule has 0 saturated carbocycles. The quantitative estimate of drug-likeness (QED) is 0.762. The topological polar surface area (TPSA) is 29.5 Å². The number of ether oxygens (including phenoxy) is 1. The third-order valence-electron chi connectivity index (χ3n) is 2.49. The average molecular weight is 356 g/mol. The molecule has 0 spiro atoms. The Labute approximate surface area is 119 Å². The van der Waals surface area contributed by atoms with Crippen LogP contribution in [0, 0.1) is 0 Å². The summed E-state index contributed by atoms with van der Waals surface area (Å²) in [4.78, 5) is 13.4. The third kappa shape index (κ3) is 2.51. The first kappa shape index (κ1) is 14.4. The fourth-order valence-electron chi connectivity index (χ4n) is 1.69. The minimum atomic E-state index is -4.50. The Morgan fingerprint density at radius 3 is 2.58 bits per heavy atom. The zero-order valence-corrected chi connectivity index (χ0v) is 12.3. The Bertz CT molecular complexity index is 550. The molecule has 1 aromatic heterocycles. The maximum Gasteiger partial charge on any atom is 0.417 e. The number of nitrogens with zero attached hydrogens (tertiary/aromatic N) is 1. The van der Waals surface area contributed by atoms with Gasteiger partial charge >= 0.3 is 6.18 Å². The minimum Gasteiger partial charge on any atom is -0.455 e. The highest BCUT2D eigenvalue weighted by molar-refractivity contribution is 9.09. The molecule has 0 N–H and O–H groups in total. The Morgan fingerprint density at radius 1 is 1.42 bits per heavy atom. The van der Waals surface area contributed by atoms with Gasteiger partial charge in [-0.2, -0.15) is 13.2 Å². The number of rotatable bonds is 2. The van der Waals surface area contributed by atoms with Gasteiger partial charge in [0.1, 0.15) is 5.57 Å². The van der Waals surface area contributed by atoms with Crippen molar-refractivity contribution in [3.8, 4) is 0 Å². The lowest BCUT2D eigenvalue weighted by molar-refractivity contribution is -0.137. The smallest absolute Gasteiger partial charge is 0.417 e. The SMILES string of the molecule is CN(C)C1=C(c2sccc2C(F)(F)F)C(=O)C(Br)O1. The molecule has 1 aliphatic heterocycles. The number of hydrogen-bond donors (Lipinski definition) is 0. The Morgan fingerprint density at radius 2 is 2.05 bits per heavy atom. The van der Waals surface area contributed by atoms with Gasteiger partial charge in [0.05, 0.1) is 10.4 Å². The Balaban J connectivity index is 2.60. The van der Waals surface area contributed by atoms with E-state index in [-0.39, 0.29) is 16.3 Å². The van der Waals surface area contributed by atoms with Gasteiger partial charge in [-0.3, -0.25) is 4.79 Å². The van der Waals surface area contributed by atoms with E-state index < -0.39 is 22.5 Å². The van der Waals surface area contributed by atoms with E-state index >= 15 is 0 Å². The van der Waals surface area contributed by atoms with Crippen molar-refractivity contribution in [2.24, 2.45) is 0 Å². The van der Waals surface area contributed by atoms with Crippen LogP contribution < -0.4 is 0 Å². The van der Waals surface area contributed by atoms with E-state index in [1.54, 1.807) is 14.1 Å². The highest BCUT2D eigenvalue weighted by Crippen LogP contribution is 2.43. The lowest BCUT2D eigenvalue weighted by Gasteiger charge is -2.15. The molecule has 3 nitrogen and oxygen atoms in total. The molecule has 1 aliphatic rings. The monoisotopic (exact) mass is 355 g/mol. The van der Waals surface area contributed by atoms with Crippen molar-refractivity contribution >= 4 is 38.6 Å². The van der Waals surface area contributed by atoms with Crippen LogP contribution in [0.5, 0.6) is 0 Å². The Hall–Kier alpha value is -1.02. The van der Waals surface area contributed by atoms with Crippen LogP contribution >= 0.6 is 27.3 Å². The molecular weight excluding hydrogens is 347 g/mol. The number of alkyl halides is 4. The highest BCUT2D eigenvalue weighted by Gasteiger charge is 2.42. The van der Waals surface area contributed by atoms with E-state index in [9.17, 15) is 18.0 Å². The Kier molecular flexibility index (Phi) is 3.65. The molecule has 8 heteroatoms. The third-order valence-corrected chi connectivity index (χ3v) is 4.02. The molecule has 1 unspecified atom stereocenters. The summed E-state index contributed by atoms with van der Waals surface area (Å²) < 4.78 is 43.9. The van der Waals surface area contributed by atoms with Crippen molar-refractivity contribution < 1.29 is 22.7 Å². The molecule has 0 aromatic carbocycles. The predicted molar refractivity (Wildman–Crippen MR) is 68.7 cm³/mol. The maximum absolute atomic E-state index is 12.9. The van der Waals surface area contributed by atoms with Crippen LogP contribution in [0.15, 0.2) is 17.3 Å². The van der Waals surface area contributed by atoms with Crippen LogP contribution in [0.3, 0.4) is 0 Å². The lowest BCUT2D eigenvalue weighted by atomic mass is 10.1. The normalized spacial score (nSPS) is 19.9. The van der Waals surface area contributed by atoms with E-state index in [0.717, 1.165) is 17.4 Å². The molecule has 0 saturated heterocycles. The summed E-state index contributed by atoms with van der Waals surface area (Å²) in [5.41, 5.74) is -0.848. The van der Waals surface area contributed by atoms with Crippen molar-refractivity contribution in [2.45, 2.75) is 11.2 Å². The summed E-state index contributed by atoms with van der Waals surface area (Å²) >= 11 is 3.87. The number of Topliss-reactive ketones (excluding diaryl/α,β-unsaturated/α-hetero) is 1. The van der Waals surface area contributed by atoms with Crippen molar-refractivity contribution in [1.29, 1.82) is 0 Å². The maximum atomic E-state index is 12.9. The van der Waals surface area contributed by atoms with Gasteiger partial charge in [-0.05, 0) is 27.4 Å². The molecule has 2 rings (SSSR count). The first-order chi connectivity index (χ1) is 8.73. The van der Waals surface area contributed by atoms with Crippen molar-refractivity contribution in [3.05, 3.63) is 27.8 Å². The summed E-state index contributed by atoms with van der Waals surface area (Å²) in [6.07, 6.45) is -4.50. The first-order valence-corrected chi connectivity index (χ1v) is 6.94. The molecule has 0 radical (unpaired) electrons. The molecule has 0 amide bonds. The van der Waals surface area contributed by atoms with Crippen molar-refractivity contribution in [3.63, 3.8) is 0 Å². The van der Waals surface area contributed by atoms with Crippen LogP contribution in [0.4, 0.5) is 13.2 Å². The van der Waals surface area contributed by atoms with E-state index in [0.29, 0.717) is 0 Å². The van der Waals surface area contributed by atoms with E-state index in [1.165, 1.54) is 10.3 Å². The number of carbonyl (C=O) groups is 1. The second-order valence-corrected chi connectivity index (χ2v) is 5.78. The number of halogens is 4. The predicted octanol–water partition coefficient (Wildman–Crippen LogP) is 3.32. The molecule has 0 bridgehead atoms. The first-order valence-electron chi connectivity index (χ1n) is 5.15. The summed E-state index contributed by atoms with van der Waals surface area (Å²) in [6.45, 7) is 0. The average Bonchev–Trinajstić information content (AvgIpc) is 2.84. The molecule has 1 aromatic rings. The van der Waals surface area contributed by atoms with Crippen LogP contribution in [0.1, 0.15) is 10.4 Å². The number of thiophene rings is 1. The van der Waals surface area contributed by atoms with Gasteiger partial charge in [-0.1, -0.05) is 0 Å². The summed E-state index contributed by atoms with van der Waals surface area (Å²) in [5.74, 6) is -0.364. The van der Waals surface area contributed by atoms with Crippen LogP contribution in [-0.4, -0.2) is 29.8 Å². The fraction of sp³-hybridized carbons (Fsp3) is 0.364. The molecule has 1 atom stereocenters. The number of carbonyl (C=O) groups excluding carboxylic acids is 1. The largest absolute Gasteiger partial charge is 0.455 e. The van der Waals surface area contributed by atoms with E-state index in [2.05, 4.69) is 15.9 Å². The molecule has 0 aliphatic carbocycles. The standard InChI is InChI=1S/C11H9BrF3NO2S/c1-16(2)10-6(7(17)9(12)18-10)8-5(3-4-19-8)11(13,14)15/h3-4,9H,1-2H3. The van der Waals surface area contributed by atoms with Crippen molar-refractivity contribution in [1.82, 2.24) is 4.90 Å². The second kappa shape index (κ2) is 4.82. The molecule has 19 heavy (non-hydrogen) atoms. The van der Waals surface area contributed by atoms with Crippen LogP contribution in [-0.2, 0) is 15.7 Å². The van der Waals surface area contributed by atoms with Gasteiger partial charge in [-0.25, -0.2) is 0 Å². The molecule has 104 valence electrons. The minimum absolute atomic E-state index is 0.0331. The summed E-state index contributed by atoms with van der Waals surface area (Å²) in [6, 6.07) is 0.967. The molecule has 2 heterocycles. The van der Waals surface area contributed by atoms with Gasteiger partial charge < -0.3 is 9.64 Å². The molecular formula is C11H9BrF3NO2S. The second-order valence-electron chi connectivity index (χ2n) is 4.03. The van der Waals surface area contributed by atoms with Gasteiger partial charge in [0.15, 0.2) is 0 Å². The van der Waals surface area contributed by atoms with Gasteiger partial charge in [-0.15, -0.1) is 11.3 Å². The van der Waals surface area contributed by atoms with Crippen LogP contribution in [0.2, 0.25) is 0 Å². The number of ketones is 1. The van der Waals surface area contributed by atoms with E-state index in [1.807, 2.05) is 0 Å². The highest BCUT2D eigenvalue weighted by atomic mass is 79.9. The summed E-state index contributed by atoms with van der Waals surface area (Å²) in [5, 5.41) is 0.371. The van der Waals surface area contributed by atoms with Crippen LogP contribution in [0.25, 0.3) is 5.57 Å². The number of hydrogen-bond acceptors (Lipinski definition) is 4. The van der Waals surface area contributed by atoms with Crippen molar-refractivity contribution in [2.75, 3.05) is 14.1 Å². The fourth-order valence-corrected chi connectivity index (χ4v) is 3.06. The lowest BCUT2D eigenvalue weighted by Crippen LogP contribution is -2.13.